The number of fused-ring (bicyclic) bond motifs is 1. The largest absolute Gasteiger partial charge is 0.487 e. The molecule has 1 aromatic rings. The highest BCUT2D eigenvalue weighted by atomic mass is 16.5. The number of aliphatic hydroxyl groups is 1. The van der Waals surface area contributed by atoms with Crippen LogP contribution < -0.4 is 10.1 Å². The Hall–Kier alpha value is -1.06. The molecule has 1 aromatic carbocycles. The van der Waals surface area contributed by atoms with E-state index in [0.717, 1.165) is 18.7 Å². The zero-order chi connectivity index (χ0) is 14.3. The van der Waals surface area contributed by atoms with Crippen molar-refractivity contribution in [2.24, 2.45) is 0 Å². The first-order valence-electron chi connectivity index (χ1n) is 6.93. The van der Waals surface area contributed by atoms with Gasteiger partial charge >= 0.3 is 0 Å². The van der Waals surface area contributed by atoms with Crippen molar-refractivity contribution in [3.05, 3.63) is 29.3 Å². The molecule has 0 fully saturated rings. The molecule has 3 nitrogen and oxygen atoms in total. The molecule has 106 valence electrons. The minimum Gasteiger partial charge on any atom is -0.487 e. The SMILES string of the molecule is CC(O)C(C)(C)NCc1ccc2c(c1)CC(C)(C)O2. The average Bonchev–Trinajstić information content (AvgIpc) is 2.59. The van der Waals surface area contributed by atoms with Gasteiger partial charge in [-0.3, -0.25) is 0 Å². The van der Waals surface area contributed by atoms with Crippen molar-refractivity contribution in [1.82, 2.24) is 5.32 Å². The standard InChI is InChI=1S/C16H25NO2/c1-11(18)16(4,5)17-10-12-6-7-14-13(8-12)9-15(2,3)19-14/h6-8,11,17-18H,9-10H2,1-5H3. The number of hydrogen-bond donors (Lipinski definition) is 2. The molecular formula is C16H25NO2. The van der Waals surface area contributed by atoms with Gasteiger partial charge in [-0.05, 0) is 51.8 Å². The monoisotopic (exact) mass is 263 g/mol. The minimum atomic E-state index is -0.385. The molecule has 1 atom stereocenters. The molecule has 3 heteroatoms. The molecule has 2 N–H and O–H groups in total. The Morgan fingerprint density at radius 1 is 1.42 bits per heavy atom. The fourth-order valence-electron chi connectivity index (χ4n) is 2.25. The van der Waals surface area contributed by atoms with Gasteiger partial charge in [-0.25, -0.2) is 0 Å². The highest BCUT2D eigenvalue weighted by molar-refractivity contribution is 5.41. The second-order valence-electron chi connectivity index (χ2n) is 6.73. The zero-order valence-corrected chi connectivity index (χ0v) is 12.6. The quantitative estimate of drug-likeness (QED) is 0.877. The molecule has 0 saturated carbocycles. The maximum absolute atomic E-state index is 9.70. The van der Waals surface area contributed by atoms with Gasteiger partial charge in [-0.1, -0.05) is 12.1 Å². The summed E-state index contributed by atoms with van der Waals surface area (Å²) in [6.07, 6.45) is 0.569. The van der Waals surface area contributed by atoms with Crippen molar-refractivity contribution >= 4 is 0 Å². The summed E-state index contributed by atoms with van der Waals surface area (Å²) < 4.78 is 5.87. The second kappa shape index (κ2) is 4.80. The van der Waals surface area contributed by atoms with Gasteiger partial charge in [0.05, 0.1) is 6.10 Å². The van der Waals surface area contributed by atoms with Crippen molar-refractivity contribution in [2.45, 2.75) is 64.8 Å². The summed E-state index contributed by atoms with van der Waals surface area (Å²) in [6, 6.07) is 6.34. The first kappa shape index (κ1) is 14.4. The van der Waals surface area contributed by atoms with E-state index in [4.69, 9.17) is 4.74 Å². The van der Waals surface area contributed by atoms with Crippen molar-refractivity contribution < 1.29 is 9.84 Å². The van der Waals surface area contributed by atoms with E-state index < -0.39 is 0 Å². The van der Waals surface area contributed by atoms with Gasteiger partial charge < -0.3 is 15.2 Å². The van der Waals surface area contributed by atoms with Crippen LogP contribution in [0.4, 0.5) is 0 Å². The van der Waals surface area contributed by atoms with Gasteiger partial charge in [0.2, 0.25) is 0 Å². The lowest BCUT2D eigenvalue weighted by molar-refractivity contribution is 0.0956. The minimum absolute atomic E-state index is 0.0900. The number of nitrogens with one attached hydrogen (secondary N) is 1. The highest BCUT2D eigenvalue weighted by Gasteiger charge is 2.30. The molecule has 19 heavy (non-hydrogen) atoms. The number of hydrogen-bond acceptors (Lipinski definition) is 3. The predicted octanol–water partition coefficient (Wildman–Crippen LogP) is 2.65. The van der Waals surface area contributed by atoms with Crippen LogP contribution in [0.25, 0.3) is 0 Å². The van der Waals surface area contributed by atoms with Crippen LogP contribution >= 0.6 is 0 Å². The smallest absolute Gasteiger partial charge is 0.123 e. The lowest BCUT2D eigenvalue weighted by Gasteiger charge is -2.29. The molecular weight excluding hydrogens is 238 g/mol. The van der Waals surface area contributed by atoms with Crippen LogP contribution in [0.1, 0.15) is 45.7 Å². The van der Waals surface area contributed by atoms with E-state index in [0.29, 0.717) is 0 Å². The molecule has 1 aliphatic rings. The lowest BCUT2D eigenvalue weighted by Crippen LogP contribution is -2.47. The third-order valence-corrected chi connectivity index (χ3v) is 3.92. The van der Waals surface area contributed by atoms with Crippen molar-refractivity contribution in [3.8, 4) is 5.75 Å². The number of ether oxygens (including phenoxy) is 1. The Morgan fingerprint density at radius 3 is 2.74 bits per heavy atom. The predicted molar refractivity (Wildman–Crippen MR) is 77.5 cm³/mol. The third kappa shape index (κ3) is 3.28. The fraction of sp³-hybridized carbons (Fsp3) is 0.625. The summed E-state index contributed by atoms with van der Waals surface area (Å²) in [5.74, 6) is 1.00. The Balaban J connectivity index is 2.05. The number of rotatable bonds is 4. The highest BCUT2D eigenvalue weighted by Crippen LogP contribution is 2.35. The second-order valence-corrected chi connectivity index (χ2v) is 6.73. The molecule has 0 saturated heterocycles. The molecule has 2 rings (SSSR count). The van der Waals surface area contributed by atoms with Crippen molar-refractivity contribution in [2.75, 3.05) is 0 Å². The van der Waals surface area contributed by atoms with Crippen LogP contribution in [-0.2, 0) is 13.0 Å². The van der Waals surface area contributed by atoms with Gasteiger partial charge in [-0.2, -0.15) is 0 Å². The van der Waals surface area contributed by atoms with Crippen LogP contribution in [0.5, 0.6) is 5.75 Å². The van der Waals surface area contributed by atoms with Crippen LogP contribution in [0.15, 0.2) is 18.2 Å². The Kier molecular flexibility index (Phi) is 3.63. The third-order valence-electron chi connectivity index (χ3n) is 3.92. The topological polar surface area (TPSA) is 41.5 Å². The summed E-state index contributed by atoms with van der Waals surface area (Å²) in [6.45, 7) is 10.8. The molecule has 0 radical (unpaired) electrons. The van der Waals surface area contributed by atoms with E-state index in [1.807, 2.05) is 20.8 Å². The van der Waals surface area contributed by atoms with Crippen LogP contribution in [-0.4, -0.2) is 22.4 Å². The van der Waals surface area contributed by atoms with E-state index in [1.165, 1.54) is 11.1 Å². The Labute approximate surface area is 116 Å². The van der Waals surface area contributed by atoms with E-state index in [2.05, 4.69) is 37.4 Å². The lowest BCUT2D eigenvalue weighted by atomic mass is 9.97. The maximum Gasteiger partial charge on any atom is 0.123 e. The summed E-state index contributed by atoms with van der Waals surface area (Å²) in [5, 5.41) is 13.1. The average molecular weight is 263 g/mol. The first-order chi connectivity index (χ1) is 8.70. The molecule has 0 aromatic heterocycles. The summed E-state index contributed by atoms with van der Waals surface area (Å²) in [4.78, 5) is 0. The molecule has 1 aliphatic heterocycles. The molecule has 0 bridgehead atoms. The maximum atomic E-state index is 9.70. The van der Waals surface area contributed by atoms with E-state index in [1.54, 1.807) is 0 Å². The Morgan fingerprint density at radius 2 is 2.11 bits per heavy atom. The van der Waals surface area contributed by atoms with E-state index in [9.17, 15) is 5.11 Å². The van der Waals surface area contributed by atoms with Gasteiger partial charge in [0.15, 0.2) is 0 Å². The fourth-order valence-corrected chi connectivity index (χ4v) is 2.25. The van der Waals surface area contributed by atoms with Crippen LogP contribution in [0.2, 0.25) is 0 Å². The summed E-state index contributed by atoms with van der Waals surface area (Å²) in [5.41, 5.74) is 2.13. The molecule has 0 amide bonds. The zero-order valence-electron chi connectivity index (χ0n) is 12.6. The Bertz CT molecular complexity index is 464. The van der Waals surface area contributed by atoms with Crippen LogP contribution in [0.3, 0.4) is 0 Å². The molecule has 1 heterocycles. The van der Waals surface area contributed by atoms with Gasteiger partial charge in [-0.15, -0.1) is 0 Å². The molecule has 1 unspecified atom stereocenters. The van der Waals surface area contributed by atoms with Gasteiger partial charge in [0.1, 0.15) is 11.4 Å². The summed E-state index contributed by atoms with van der Waals surface area (Å²) in [7, 11) is 0. The number of benzene rings is 1. The summed E-state index contributed by atoms with van der Waals surface area (Å²) >= 11 is 0. The van der Waals surface area contributed by atoms with Crippen molar-refractivity contribution in [1.29, 1.82) is 0 Å². The van der Waals surface area contributed by atoms with Gasteiger partial charge in [0, 0.05) is 18.5 Å². The number of aliphatic hydroxyl groups excluding tert-OH is 1. The van der Waals surface area contributed by atoms with E-state index in [-0.39, 0.29) is 17.2 Å². The first-order valence-corrected chi connectivity index (χ1v) is 6.93. The van der Waals surface area contributed by atoms with Gasteiger partial charge in [0.25, 0.3) is 0 Å². The van der Waals surface area contributed by atoms with Crippen molar-refractivity contribution in [3.63, 3.8) is 0 Å². The van der Waals surface area contributed by atoms with Crippen LogP contribution in [0, 0.1) is 0 Å². The molecule has 0 aliphatic carbocycles. The van der Waals surface area contributed by atoms with E-state index >= 15 is 0 Å². The molecule has 0 spiro atoms. The normalized spacial score (nSPS) is 18.8.